The van der Waals surface area contributed by atoms with E-state index in [2.05, 4.69) is 33.6 Å². The van der Waals surface area contributed by atoms with Crippen molar-refractivity contribution in [2.24, 2.45) is 4.99 Å². The van der Waals surface area contributed by atoms with E-state index in [1.807, 2.05) is 29.8 Å². The average molecular weight is 369 g/mol. The van der Waals surface area contributed by atoms with Gasteiger partial charge >= 0.3 is 0 Å². The van der Waals surface area contributed by atoms with Crippen LogP contribution in [0.4, 0.5) is 0 Å². The number of hydrogen-bond donors (Lipinski definition) is 2. The highest BCUT2D eigenvalue weighted by Gasteiger charge is 2.07. The van der Waals surface area contributed by atoms with Gasteiger partial charge < -0.3 is 10.6 Å². The first-order valence-electron chi connectivity index (χ1n) is 7.44. The van der Waals surface area contributed by atoms with Gasteiger partial charge in [0.1, 0.15) is 4.34 Å². The molecule has 0 fully saturated rings. The largest absolute Gasteiger partial charge is 0.356 e. The van der Waals surface area contributed by atoms with Gasteiger partial charge in [0, 0.05) is 35.9 Å². The highest BCUT2D eigenvalue weighted by Crippen LogP contribution is 2.20. The first-order chi connectivity index (χ1) is 11.2. The SMILES string of the molecule is CN=C(NCCCSc1nccs1)NC(C)c1cccc(Cl)c1. The first kappa shape index (κ1) is 18.1. The van der Waals surface area contributed by atoms with Crippen molar-refractivity contribution in [3.63, 3.8) is 0 Å². The zero-order chi connectivity index (χ0) is 16.5. The molecule has 0 saturated carbocycles. The molecule has 0 saturated heterocycles. The Kier molecular flexibility index (Phi) is 7.71. The van der Waals surface area contributed by atoms with Crippen molar-refractivity contribution >= 4 is 40.7 Å². The van der Waals surface area contributed by atoms with E-state index in [1.165, 1.54) is 0 Å². The number of nitrogens with one attached hydrogen (secondary N) is 2. The third-order valence-electron chi connectivity index (χ3n) is 3.17. The van der Waals surface area contributed by atoms with Gasteiger partial charge in [0.15, 0.2) is 5.96 Å². The minimum Gasteiger partial charge on any atom is -0.356 e. The van der Waals surface area contributed by atoms with Gasteiger partial charge in [0.05, 0.1) is 6.04 Å². The summed E-state index contributed by atoms with van der Waals surface area (Å²) in [7, 11) is 1.78. The smallest absolute Gasteiger partial charge is 0.191 e. The highest BCUT2D eigenvalue weighted by molar-refractivity contribution is 8.00. The molecule has 1 aromatic carbocycles. The van der Waals surface area contributed by atoms with Gasteiger partial charge in [-0.25, -0.2) is 4.98 Å². The standard InChI is InChI=1S/C16H21ClN4S2/c1-12(13-5-3-6-14(17)11-13)21-15(18-2)19-7-4-9-22-16-20-8-10-23-16/h3,5-6,8,10-12H,4,7,9H2,1-2H3,(H2,18,19,21). The van der Waals surface area contributed by atoms with Gasteiger partial charge in [-0.3, -0.25) is 4.99 Å². The Morgan fingerprint density at radius 1 is 1.48 bits per heavy atom. The molecule has 0 aliphatic rings. The van der Waals surface area contributed by atoms with Crippen LogP contribution in [0.3, 0.4) is 0 Å². The summed E-state index contributed by atoms with van der Waals surface area (Å²) in [6.07, 6.45) is 2.89. The van der Waals surface area contributed by atoms with Crippen LogP contribution >= 0.6 is 34.7 Å². The van der Waals surface area contributed by atoms with Crippen LogP contribution in [0.2, 0.25) is 5.02 Å². The summed E-state index contributed by atoms with van der Waals surface area (Å²) in [4.78, 5) is 8.53. The van der Waals surface area contributed by atoms with E-state index in [0.717, 1.165) is 39.6 Å². The molecule has 0 spiro atoms. The second-order valence-corrected chi connectivity index (χ2v) is 7.59. The molecule has 124 valence electrons. The van der Waals surface area contributed by atoms with Gasteiger partial charge in [-0.1, -0.05) is 35.5 Å². The summed E-state index contributed by atoms with van der Waals surface area (Å²) in [6, 6.07) is 8.01. The van der Waals surface area contributed by atoms with Crippen LogP contribution in [0, 0.1) is 0 Å². The van der Waals surface area contributed by atoms with E-state index in [9.17, 15) is 0 Å². The van der Waals surface area contributed by atoms with Crippen LogP contribution in [0.25, 0.3) is 0 Å². The fourth-order valence-corrected chi connectivity index (χ4v) is 3.83. The number of rotatable bonds is 7. The molecule has 2 rings (SSSR count). The van der Waals surface area contributed by atoms with Crippen LogP contribution in [-0.4, -0.2) is 30.3 Å². The molecule has 23 heavy (non-hydrogen) atoms. The Morgan fingerprint density at radius 2 is 2.35 bits per heavy atom. The minimum atomic E-state index is 0.143. The molecule has 7 heteroatoms. The van der Waals surface area contributed by atoms with E-state index < -0.39 is 0 Å². The van der Waals surface area contributed by atoms with Gasteiger partial charge in [-0.2, -0.15) is 0 Å². The molecule has 1 unspecified atom stereocenters. The molecule has 2 aromatic rings. The van der Waals surface area contributed by atoms with Crippen molar-refractivity contribution in [3.8, 4) is 0 Å². The van der Waals surface area contributed by atoms with Crippen LogP contribution in [-0.2, 0) is 0 Å². The van der Waals surface area contributed by atoms with Crippen molar-refractivity contribution in [3.05, 3.63) is 46.4 Å². The zero-order valence-electron chi connectivity index (χ0n) is 13.3. The molecule has 0 aliphatic heterocycles. The Balaban J connectivity index is 1.70. The Hall–Kier alpha value is -1.24. The third kappa shape index (κ3) is 6.41. The molecule has 0 radical (unpaired) electrons. The predicted octanol–water partition coefficient (Wildman–Crippen LogP) is 4.20. The topological polar surface area (TPSA) is 49.3 Å². The fraction of sp³-hybridized carbons (Fsp3) is 0.375. The number of halogens is 1. The second-order valence-electron chi connectivity index (χ2n) is 4.92. The number of nitrogens with zero attached hydrogens (tertiary/aromatic N) is 2. The molecule has 0 aliphatic carbocycles. The van der Waals surface area contributed by atoms with Crippen LogP contribution in [0.15, 0.2) is 45.2 Å². The van der Waals surface area contributed by atoms with Gasteiger partial charge in [0.25, 0.3) is 0 Å². The molecular formula is C16H21ClN4S2. The number of thiazole rings is 1. The molecule has 1 atom stereocenters. The molecule has 1 aromatic heterocycles. The lowest BCUT2D eigenvalue weighted by Gasteiger charge is -2.18. The van der Waals surface area contributed by atoms with E-state index in [0.29, 0.717) is 0 Å². The van der Waals surface area contributed by atoms with Gasteiger partial charge in [0.2, 0.25) is 0 Å². The molecule has 1 heterocycles. The summed E-state index contributed by atoms with van der Waals surface area (Å²) >= 11 is 9.51. The normalized spacial score (nSPS) is 12.9. The molecular weight excluding hydrogens is 348 g/mol. The second kappa shape index (κ2) is 9.80. The quantitative estimate of drug-likeness (QED) is 0.333. The maximum absolute atomic E-state index is 6.04. The average Bonchev–Trinajstić information content (AvgIpc) is 3.06. The fourth-order valence-electron chi connectivity index (χ4n) is 1.98. The zero-order valence-corrected chi connectivity index (χ0v) is 15.6. The lowest BCUT2D eigenvalue weighted by atomic mass is 10.1. The Bertz CT molecular complexity index is 616. The highest BCUT2D eigenvalue weighted by atomic mass is 35.5. The summed E-state index contributed by atoms with van der Waals surface area (Å²) < 4.78 is 1.13. The number of hydrogen-bond acceptors (Lipinski definition) is 4. The summed E-state index contributed by atoms with van der Waals surface area (Å²) in [5, 5.41) is 9.47. The maximum atomic E-state index is 6.04. The molecule has 2 N–H and O–H groups in total. The summed E-state index contributed by atoms with van der Waals surface area (Å²) in [5.41, 5.74) is 1.14. The Morgan fingerprint density at radius 3 is 3.04 bits per heavy atom. The van der Waals surface area contributed by atoms with Gasteiger partial charge in [-0.15, -0.1) is 11.3 Å². The summed E-state index contributed by atoms with van der Waals surface area (Å²) in [6.45, 7) is 2.97. The summed E-state index contributed by atoms with van der Waals surface area (Å²) in [5.74, 6) is 1.85. The van der Waals surface area contributed by atoms with Gasteiger partial charge in [-0.05, 0) is 31.0 Å². The predicted molar refractivity (Wildman–Crippen MR) is 102 cm³/mol. The first-order valence-corrected chi connectivity index (χ1v) is 9.68. The number of aliphatic imine (C=N–C) groups is 1. The number of guanidine groups is 1. The minimum absolute atomic E-state index is 0.143. The van der Waals surface area contributed by atoms with E-state index in [1.54, 1.807) is 30.1 Å². The lowest BCUT2D eigenvalue weighted by Crippen LogP contribution is -2.39. The van der Waals surface area contributed by atoms with Crippen molar-refractivity contribution in [1.29, 1.82) is 0 Å². The van der Waals surface area contributed by atoms with Crippen LogP contribution < -0.4 is 10.6 Å². The Labute approximate surface area is 150 Å². The van der Waals surface area contributed by atoms with Crippen molar-refractivity contribution < 1.29 is 0 Å². The lowest BCUT2D eigenvalue weighted by molar-refractivity contribution is 0.682. The number of aromatic nitrogens is 1. The van der Waals surface area contributed by atoms with Crippen molar-refractivity contribution in [2.75, 3.05) is 19.3 Å². The van der Waals surface area contributed by atoms with E-state index in [-0.39, 0.29) is 6.04 Å². The van der Waals surface area contributed by atoms with Crippen molar-refractivity contribution in [1.82, 2.24) is 15.6 Å². The monoisotopic (exact) mass is 368 g/mol. The maximum Gasteiger partial charge on any atom is 0.191 e. The number of thioether (sulfide) groups is 1. The van der Waals surface area contributed by atoms with Crippen LogP contribution in [0.1, 0.15) is 24.9 Å². The molecule has 4 nitrogen and oxygen atoms in total. The van der Waals surface area contributed by atoms with E-state index >= 15 is 0 Å². The van der Waals surface area contributed by atoms with Crippen molar-refractivity contribution in [2.45, 2.75) is 23.7 Å². The third-order valence-corrected chi connectivity index (χ3v) is 5.46. The van der Waals surface area contributed by atoms with E-state index in [4.69, 9.17) is 11.6 Å². The van der Waals surface area contributed by atoms with Crippen LogP contribution in [0.5, 0.6) is 0 Å². The molecule has 0 bridgehead atoms. The molecule has 0 amide bonds. The number of benzene rings is 1.